The van der Waals surface area contributed by atoms with Crippen molar-refractivity contribution in [1.29, 1.82) is 0 Å². The summed E-state index contributed by atoms with van der Waals surface area (Å²) in [6.07, 6.45) is 2.06. The van der Waals surface area contributed by atoms with Gasteiger partial charge in [-0.15, -0.1) is 0 Å². The summed E-state index contributed by atoms with van der Waals surface area (Å²) in [6.45, 7) is 3.44. The second-order valence-corrected chi connectivity index (χ2v) is 5.36. The number of carbonyl (C=O) groups excluding carboxylic acids is 2. The summed E-state index contributed by atoms with van der Waals surface area (Å²) < 4.78 is 4.49. The van der Waals surface area contributed by atoms with Crippen LogP contribution in [0.25, 0.3) is 0 Å². The third-order valence-electron chi connectivity index (χ3n) is 4.19. The number of ether oxygens (including phenoxy) is 1. The molecule has 1 fully saturated rings. The van der Waals surface area contributed by atoms with Crippen molar-refractivity contribution in [3.8, 4) is 0 Å². The Labute approximate surface area is 124 Å². The lowest BCUT2D eigenvalue weighted by molar-refractivity contribution is -0.146. The Hall–Kier alpha value is -1.63. The zero-order chi connectivity index (χ0) is 15.9. The summed E-state index contributed by atoms with van der Waals surface area (Å²) in [5.41, 5.74) is -0.510. The molecule has 0 aromatic carbocycles. The summed E-state index contributed by atoms with van der Waals surface area (Å²) in [5, 5.41) is 15.0. The van der Waals surface area contributed by atoms with E-state index in [1.807, 2.05) is 6.92 Å². The van der Waals surface area contributed by atoms with Gasteiger partial charge in [0, 0.05) is 6.42 Å². The molecule has 0 bridgehead atoms. The van der Waals surface area contributed by atoms with E-state index in [4.69, 9.17) is 0 Å². The fourth-order valence-electron chi connectivity index (χ4n) is 2.58. The molecule has 0 aliphatic carbocycles. The largest absolute Gasteiger partial charge is 0.480 e. The molecule has 21 heavy (non-hydrogen) atoms. The van der Waals surface area contributed by atoms with Crippen molar-refractivity contribution in [3.05, 3.63) is 0 Å². The minimum absolute atomic E-state index is 0.0333. The normalized spacial score (nSPS) is 18.6. The predicted molar refractivity (Wildman–Crippen MR) is 75.6 cm³/mol. The van der Waals surface area contributed by atoms with E-state index in [0.29, 0.717) is 19.3 Å². The number of carboxylic acids is 1. The van der Waals surface area contributed by atoms with Crippen molar-refractivity contribution in [3.63, 3.8) is 0 Å². The van der Waals surface area contributed by atoms with Crippen LogP contribution < -0.4 is 10.6 Å². The Morgan fingerprint density at radius 1 is 1.33 bits per heavy atom. The summed E-state index contributed by atoms with van der Waals surface area (Å²) >= 11 is 0. The van der Waals surface area contributed by atoms with Gasteiger partial charge < -0.3 is 20.5 Å². The summed E-state index contributed by atoms with van der Waals surface area (Å²) in [4.78, 5) is 34.8. The van der Waals surface area contributed by atoms with Crippen molar-refractivity contribution in [1.82, 2.24) is 10.6 Å². The molecule has 120 valence electrons. The standard InChI is InChI=1S/C14H24N2O5/c1-3-14(6-8-15-9-7-14)13(20)16-10(12(18)19)4-5-11(17)21-2/h10,15H,3-9H2,1-2H3,(H,16,20)(H,18,19)/t10-/m0/s1. The first-order chi connectivity index (χ1) is 9.95. The highest BCUT2D eigenvalue weighted by Gasteiger charge is 2.39. The predicted octanol–water partition coefficient (Wildman–Crippen LogP) is 0.289. The average Bonchev–Trinajstić information content (AvgIpc) is 2.50. The molecule has 0 aromatic heterocycles. The highest BCUT2D eigenvalue weighted by molar-refractivity contribution is 5.87. The lowest BCUT2D eigenvalue weighted by atomic mass is 9.75. The van der Waals surface area contributed by atoms with Gasteiger partial charge in [-0.1, -0.05) is 6.92 Å². The van der Waals surface area contributed by atoms with Crippen LogP contribution in [-0.4, -0.2) is 49.2 Å². The highest BCUT2D eigenvalue weighted by Crippen LogP contribution is 2.32. The van der Waals surface area contributed by atoms with Crippen LogP contribution >= 0.6 is 0 Å². The molecule has 7 nitrogen and oxygen atoms in total. The molecule has 1 atom stereocenters. The third-order valence-corrected chi connectivity index (χ3v) is 4.19. The first kappa shape index (κ1) is 17.4. The number of hydrogen-bond acceptors (Lipinski definition) is 5. The van der Waals surface area contributed by atoms with Gasteiger partial charge in [-0.05, 0) is 38.8 Å². The Balaban J connectivity index is 2.66. The lowest BCUT2D eigenvalue weighted by Crippen LogP contribution is -2.52. The van der Waals surface area contributed by atoms with Crippen molar-refractivity contribution < 1.29 is 24.2 Å². The van der Waals surface area contributed by atoms with Crippen molar-refractivity contribution in [2.24, 2.45) is 5.41 Å². The maximum Gasteiger partial charge on any atom is 0.326 e. The third kappa shape index (κ3) is 4.70. The summed E-state index contributed by atoms with van der Waals surface area (Å²) in [6, 6.07) is -1.06. The van der Waals surface area contributed by atoms with Gasteiger partial charge in [0.25, 0.3) is 0 Å². The van der Waals surface area contributed by atoms with Gasteiger partial charge in [-0.2, -0.15) is 0 Å². The van der Waals surface area contributed by atoms with Gasteiger partial charge in [-0.3, -0.25) is 9.59 Å². The number of hydrogen-bond donors (Lipinski definition) is 3. The fraction of sp³-hybridized carbons (Fsp3) is 0.786. The van der Waals surface area contributed by atoms with Crippen LogP contribution in [0.2, 0.25) is 0 Å². The maximum absolute atomic E-state index is 12.5. The zero-order valence-electron chi connectivity index (χ0n) is 12.6. The molecular formula is C14H24N2O5. The number of piperidine rings is 1. The van der Waals surface area contributed by atoms with E-state index in [1.54, 1.807) is 0 Å². The lowest BCUT2D eigenvalue weighted by Gasteiger charge is -2.36. The fourth-order valence-corrected chi connectivity index (χ4v) is 2.58. The molecule has 0 saturated carbocycles. The van der Waals surface area contributed by atoms with E-state index in [9.17, 15) is 19.5 Å². The molecule has 7 heteroatoms. The summed E-state index contributed by atoms with van der Waals surface area (Å²) in [5.74, 6) is -1.85. The van der Waals surface area contributed by atoms with Crippen LogP contribution in [0, 0.1) is 5.41 Å². The number of amides is 1. The molecule has 3 N–H and O–H groups in total. The van der Waals surface area contributed by atoms with Gasteiger partial charge >= 0.3 is 11.9 Å². The van der Waals surface area contributed by atoms with E-state index in [2.05, 4.69) is 15.4 Å². The van der Waals surface area contributed by atoms with Crippen molar-refractivity contribution >= 4 is 17.8 Å². The number of methoxy groups -OCH3 is 1. The van der Waals surface area contributed by atoms with Gasteiger partial charge in [0.05, 0.1) is 12.5 Å². The van der Waals surface area contributed by atoms with E-state index >= 15 is 0 Å². The molecule has 1 rings (SSSR count). The number of rotatable bonds is 7. The molecule has 1 amide bonds. The van der Waals surface area contributed by atoms with E-state index < -0.39 is 23.4 Å². The number of carbonyl (C=O) groups is 3. The van der Waals surface area contributed by atoms with Crippen LogP contribution in [0.1, 0.15) is 39.0 Å². The number of esters is 1. The first-order valence-corrected chi connectivity index (χ1v) is 7.26. The number of aliphatic carboxylic acids is 1. The maximum atomic E-state index is 12.5. The quantitative estimate of drug-likeness (QED) is 0.584. The highest BCUT2D eigenvalue weighted by atomic mass is 16.5. The molecule has 1 aliphatic heterocycles. The summed E-state index contributed by atoms with van der Waals surface area (Å²) in [7, 11) is 1.25. The molecule has 0 aromatic rings. The van der Waals surface area contributed by atoms with Gasteiger partial charge in [0.15, 0.2) is 0 Å². The van der Waals surface area contributed by atoms with Crippen LogP contribution in [0.5, 0.6) is 0 Å². The van der Waals surface area contributed by atoms with Gasteiger partial charge in [-0.25, -0.2) is 4.79 Å². The Morgan fingerprint density at radius 2 is 1.95 bits per heavy atom. The first-order valence-electron chi connectivity index (χ1n) is 7.26. The molecule has 1 heterocycles. The van der Waals surface area contributed by atoms with Crippen LogP contribution in [-0.2, 0) is 19.1 Å². The van der Waals surface area contributed by atoms with Crippen LogP contribution in [0.3, 0.4) is 0 Å². The SMILES string of the molecule is CCC1(C(=O)N[C@@H](CCC(=O)OC)C(=O)O)CCNCC1. The topological polar surface area (TPSA) is 105 Å². The van der Waals surface area contributed by atoms with E-state index in [1.165, 1.54) is 7.11 Å². The molecule has 0 spiro atoms. The smallest absolute Gasteiger partial charge is 0.326 e. The Kier molecular flexibility index (Phi) is 6.61. The Bertz CT molecular complexity index is 391. The monoisotopic (exact) mass is 300 g/mol. The van der Waals surface area contributed by atoms with Gasteiger partial charge in [0.1, 0.15) is 6.04 Å². The second-order valence-electron chi connectivity index (χ2n) is 5.36. The minimum Gasteiger partial charge on any atom is -0.480 e. The molecule has 1 saturated heterocycles. The van der Waals surface area contributed by atoms with E-state index in [0.717, 1.165) is 13.1 Å². The second kappa shape index (κ2) is 7.97. The average molecular weight is 300 g/mol. The number of carboxylic acid groups (broad SMARTS) is 1. The van der Waals surface area contributed by atoms with Crippen molar-refractivity contribution in [2.75, 3.05) is 20.2 Å². The zero-order valence-corrected chi connectivity index (χ0v) is 12.6. The Morgan fingerprint density at radius 3 is 2.43 bits per heavy atom. The molecule has 0 unspecified atom stereocenters. The van der Waals surface area contributed by atoms with Gasteiger partial charge in [0.2, 0.25) is 5.91 Å². The minimum atomic E-state index is -1.13. The van der Waals surface area contributed by atoms with Crippen molar-refractivity contribution in [2.45, 2.75) is 45.1 Å². The molecule has 0 radical (unpaired) electrons. The molecule has 1 aliphatic rings. The van der Waals surface area contributed by atoms with Crippen LogP contribution in [0.15, 0.2) is 0 Å². The van der Waals surface area contributed by atoms with E-state index in [-0.39, 0.29) is 18.7 Å². The van der Waals surface area contributed by atoms with Crippen LogP contribution in [0.4, 0.5) is 0 Å². The number of nitrogens with one attached hydrogen (secondary N) is 2. The molecular weight excluding hydrogens is 276 g/mol.